The summed E-state index contributed by atoms with van der Waals surface area (Å²) in [7, 11) is -4.07. The van der Waals surface area contributed by atoms with E-state index in [0.717, 1.165) is 18.2 Å². The van der Waals surface area contributed by atoms with Crippen LogP contribution in [0.3, 0.4) is 0 Å². The van der Waals surface area contributed by atoms with Crippen LogP contribution in [0.15, 0.2) is 35.4 Å². The van der Waals surface area contributed by atoms with E-state index in [1.165, 1.54) is 17.7 Å². The first-order chi connectivity index (χ1) is 11.2. The largest absolute Gasteiger partial charge is 0.477 e. The average Bonchev–Trinajstić information content (AvgIpc) is 2.91. The number of nitrogens with one attached hydrogen (secondary N) is 1. The average molecular weight is 358 g/mol. The lowest BCUT2D eigenvalue weighted by Crippen LogP contribution is -2.27. The zero-order valence-corrected chi connectivity index (χ0v) is 13.8. The molecule has 1 unspecified atom stereocenters. The number of aryl methyl sites for hydroxylation is 1. The number of halogens is 2. The number of sulfonamides is 1. The van der Waals surface area contributed by atoms with Gasteiger partial charge in [0, 0.05) is 30.4 Å². The molecule has 1 aromatic heterocycles. The number of nitrogens with zero attached hydrogens (tertiary/aromatic N) is 1. The maximum absolute atomic E-state index is 13.8. The Morgan fingerprint density at radius 2 is 2.00 bits per heavy atom. The van der Waals surface area contributed by atoms with E-state index in [4.69, 9.17) is 5.11 Å². The van der Waals surface area contributed by atoms with Crippen molar-refractivity contribution >= 4 is 16.0 Å². The van der Waals surface area contributed by atoms with E-state index in [9.17, 15) is 22.0 Å². The van der Waals surface area contributed by atoms with Gasteiger partial charge in [0.2, 0.25) is 10.0 Å². The molecule has 2 aromatic rings. The third kappa shape index (κ3) is 3.62. The lowest BCUT2D eigenvalue weighted by atomic mass is 10.1. The number of carboxylic acids is 1. The van der Waals surface area contributed by atoms with Crippen LogP contribution in [-0.2, 0) is 16.6 Å². The summed E-state index contributed by atoms with van der Waals surface area (Å²) in [6.45, 7) is 3.36. The molecule has 9 heteroatoms. The topological polar surface area (TPSA) is 88.4 Å². The van der Waals surface area contributed by atoms with Crippen molar-refractivity contribution in [1.82, 2.24) is 9.29 Å². The fourth-order valence-electron chi connectivity index (χ4n) is 2.29. The third-order valence-corrected chi connectivity index (χ3v) is 5.01. The zero-order valence-electron chi connectivity index (χ0n) is 13.0. The summed E-state index contributed by atoms with van der Waals surface area (Å²) in [4.78, 5) is 10.9. The predicted octanol–water partition coefficient (Wildman–Crippen LogP) is 2.52. The second kappa shape index (κ2) is 6.70. The molecular formula is C15H16F2N2O4S. The minimum Gasteiger partial charge on any atom is -0.477 e. The van der Waals surface area contributed by atoms with Crippen LogP contribution in [0.2, 0.25) is 0 Å². The van der Waals surface area contributed by atoms with Crippen molar-refractivity contribution in [1.29, 1.82) is 0 Å². The SMILES string of the molecule is CCn1cc(S(=O)(=O)NC(C)c2ccc(F)cc2F)cc1C(=O)O. The first-order valence-corrected chi connectivity index (χ1v) is 8.54. The van der Waals surface area contributed by atoms with Crippen molar-refractivity contribution in [2.24, 2.45) is 0 Å². The highest BCUT2D eigenvalue weighted by atomic mass is 32.2. The molecule has 0 aliphatic rings. The minimum atomic E-state index is -4.07. The number of carbonyl (C=O) groups is 1. The Morgan fingerprint density at radius 3 is 2.50 bits per heavy atom. The normalized spacial score (nSPS) is 13.0. The van der Waals surface area contributed by atoms with E-state index in [-0.39, 0.29) is 22.7 Å². The first-order valence-electron chi connectivity index (χ1n) is 7.06. The molecule has 1 atom stereocenters. The van der Waals surface area contributed by atoms with Gasteiger partial charge in [-0.3, -0.25) is 0 Å². The lowest BCUT2D eigenvalue weighted by Gasteiger charge is -2.14. The molecule has 1 heterocycles. The molecule has 0 radical (unpaired) electrons. The summed E-state index contributed by atoms with van der Waals surface area (Å²) in [6, 6.07) is 2.91. The molecule has 0 aliphatic carbocycles. The van der Waals surface area contributed by atoms with Crippen LogP contribution >= 0.6 is 0 Å². The molecule has 2 rings (SSSR count). The molecule has 2 N–H and O–H groups in total. The van der Waals surface area contributed by atoms with Gasteiger partial charge in [0.25, 0.3) is 0 Å². The van der Waals surface area contributed by atoms with Gasteiger partial charge in [-0.05, 0) is 26.0 Å². The quantitative estimate of drug-likeness (QED) is 0.830. The van der Waals surface area contributed by atoms with Crippen molar-refractivity contribution in [3.05, 3.63) is 53.4 Å². The summed E-state index contributed by atoms with van der Waals surface area (Å²) in [5.74, 6) is -2.89. The number of aromatic nitrogens is 1. The first kappa shape index (κ1) is 18.1. The van der Waals surface area contributed by atoms with E-state index >= 15 is 0 Å². The third-order valence-electron chi connectivity index (χ3n) is 3.50. The molecule has 0 bridgehead atoms. The lowest BCUT2D eigenvalue weighted by molar-refractivity contribution is 0.0685. The van der Waals surface area contributed by atoms with Crippen LogP contribution in [0.25, 0.3) is 0 Å². The Labute approximate surface area is 137 Å². The Kier molecular flexibility index (Phi) is 5.05. The number of benzene rings is 1. The predicted molar refractivity (Wildman–Crippen MR) is 82.2 cm³/mol. The van der Waals surface area contributed by atoms with Crippen LogP contribution in [-0.4, -0.2) is 24.1 Å². The van der Waals surface area contributed by atoms with Crippen molar-refractivity contribution in [3.63, 3.8) is 0 Å². The van der Waals surface area contributed by atoms with Gasteiger partial charge in [0.15, 0.2) is 0 Å². The highest BCUT2D eigenvalue weighted by Gasteiger charge is 2.24. The number of rotatable bonds is 6. The summed E-state index contributed by atoms with van der Waals surface area (Å²) >= 11 is 0. The maximum Gasteiger partial charge on any atom is 0.352 e. The Morgan fingerprint density at radius 1 is 1.33 bits per heavy atom. The second-order valence-electron chi connectivity index (χ2n) is 5.16. The monoisotopic (exact) mass is 358 g/mol. The van der Waals surface area contributed by atoms with E-state index in [0.29, 0.717) is 6.07 Å². The highest BCUT2D eigenvalue weighted by molar-refractivity contribution is 7.89. The molecule has 0 aliphatic heterocycles. The smallest absolute Gasteiger partial charge is 0.352 e. The molecular weight excluding hydrogens is 342 g/mol. The summed E-state index contributed by atoms with van der Waals surface area (Å²) in [5, 5.41) is 9.08. The highest BCUT2D eigenvalue weighted by Crippen LogP contribution is 2.21. The maximum atomic E-state index is 13.8. The molecule has 130 valence electrons. The number of carboxylic acid groups (broad SMARTS) is 1. The van der Waals surface area contributed by atoms with E-state index < -0.39 is 33.7 Å². The molecule has 6 nitrogen and oxygen atoms in total. The fraction of sp³-hybridized carbons (Fsp3) is 0.267. The van der Waals surface area contributed by atoms with Crippen LogP contribution in [0.4, 0.5) is 8.78 Å². The zero-order chi connectivity index (χ0) is 18.1. The van der Waals surface area contributed by atoms with Gasteiger partial charge in [-0.2, -0.15) is 0 Å². The van der Waals surface area contributed by atoms with Gasteiger partial charge >= 0.3 is 5.97 Å². The molecule has 0 fully saturated rings. The Bertz CT molecular complexity index is 878. The van der Waals surface area contributed by atoms with Crippen LogP contribution in [0, 0.1) is 11.6 Å². The minimum absolute atomic E-state index is 0.0200. The second-order valence-corrected chi connectivity index (χ2v) is 6.88. The molecule has 1 aromatic carbocycles. The molecule has 0 amide bonds. The summed E-state index contributed by atoms with van der Waals surface area (Å²) in [5.41, 5.74) is -0.188. The van der Waals surface area contributed by atoms with Crippen molar-refractivity contribution < 1.29 is 27.1 Å². The fourth-order valence-corrected chi connectivity index (χ4v) is 3.55. The van der Waals surface area contributed by atoms with Gasteiger partial charge in [0.05, 0.1) is 0 Å². The molecule has 0 saturated heterocycles. The van der Waals surface area contributed by atoms with Crippen LogP contribution in [0.1, 0.15) is 35.9 Å². The van der Waals surface area contributed by atoms with Gasteiger partial charge < -0.3 is 9.67 Å². The van der Waals surface area contributed by atoms with Gasteiger partial charge in [0.1, 0.15) is 22.2 Å². The molecule has 0 saturated carbocycles. The molecule has 24 heavy (non-hydrogen) atoms. The molecule has 0 spiro atoms. The summed E-state index contributed by atoms with van der Waals surface area (Å²) < 4.78 is 55.0. The standard InChI is InChI=1S/C15H16F2N2O4S/c1-3-19-8-11(7-14(19)15(20)21)24(22,23)18-9(2)12-5-4-10(16)6-13(12)17/h4-9,18H,3H2,1-2H3,(H,20,21). The van der Waals surface area contributed by atoms with Gasteiger partial charge in [-0.25, -0.2) is 26.7 Å². The number of aromatic carboxylic acids is 1. The Hall–Kier alpha value is -2.26. The van der Waals surface area contributed by atoms with Crippen LogP contribution in [0.5, 0.6) is 0 Å². The number of hydrogen-bond acceptors (Lipinski definition) is 3. The van der Waals surface area contributed by atoms with Gasteiger partial charge in [-0.15, -0.1) is 0 Å². The number of hydrogen-bond donors (Lipinski definition) is 2. The van der Waals surface area contributed by atoms with Gasteiger partial charge in [-0.1, -0.05) is 6.07 Å². The van der Waals surface area contributed by atoms with Crippen molar-refractivity contribution in [3.8, 4) is 0 Å². The van der Waals surface area contributed by atoms with E-state index in [1.54, 1.807) is 6.92 Å². The van der Waals surface area contributed by atoms with Crippen molar-refractivity contribution in [2.45, 2.75) is 31.3 Å². The van der Waals surface area contributed by atoms with E-state index in [1.807, 2.05) is 0 Å². The van der Waals surface area contributed by atoms with E-state index in [2.05, 4.69) is 4.72 Å². The Balaban J connectivity index is 2.32. The van der Waals surface area contributed by atoms with Crippen molar-refractivity contribution in [2.75, 3.05) is 0 Å². The summed E-state index contributed by atoms with van der Waals surface area (Å²) in [6.07, 6.45) is 1.19. The van der Waals surface area contributed by atoms with Crippen LogP contribution < -0.4 is 4.72 Å².